The minimum atomic E-state index is -0.00914. The van der Waals surface area contributed by atoms with Crippen LogP contribution in [0.15, 0.2) is 12.1 Å². The summed E-state index contributed by atoms with van der Waals surface area (Å²) in [5.41, 5.74) is 2.51. The molecule has 0 radical (unpaired) electrons. The van der Waals surface area contributed by atoms with Crippen molar-refractivity contribution in [2.45, 2.75) is 52.4 Å². The Morgan fingerprint density at radius 2 is 1.31 bits per heavy atom. The first kappa shape index (κ1) is 13.6. The molecular weight excluding hydrogens is 259 g/mol. The minimum absolute atomic E-state index is 0.00914. The third-order valence-electron chi connectivity index (χ3n) is 2.78. The predicted octanol–water partition coefficient (Wildman–Crippen LogP) is 2.25. The summed E-state index contributed by atoms with van der Waals surface area (Å²) < 4.78 is 1.23. The fourth-order valence-corrected chi connectivity index (χ4v) is 3.27. The van der Waals surface area contributed by atoms with E-state index in [1.54, 1.807) is 16.9 Å². The molecule has 0 aliphatic heterocycles. The van der Waals surface area contributed by atoms with E-state index >= 15 is 0 Å². The van der Waals surface area contributed by atoms with Crippen molar-refractivity contribution in [1.29, 1.82) is 0 Å². The van der Waals surface area contributed by atoms with Gasteiger partial charge in [0.15, 0.2) is 0 Å². The molecule has 1 rings (SSSR count). The molecule has 1 aromatic carbocycles. The van der Waals surface area contributed by atoms with E-state index in [4.69, 9.17) is 0 Å². The SMILES string of the molecule is CC(C)(C)c1cc(C(C)(C)C)c([AsH2])cc1O. The maximum atomic E-state index is 10.0. The van der Waals surface area contributed by atoms with Crippen LogP contribution in [0.4, 0.5) is 0 Å². The summed E-state index contributed by atoms with van der Waals surface area (Å²) in [6, 6.07) is 4.09. The van der Waals surface area contributed by atoms with Crippen molar-refractivity contribution in [3.63, 3.8) is 0 Å². The van der Waals surface area contributed by atoms with Gasteiger partial charge in [-0.05, 0) is 0 Å². The van der Waals surface area contributed by atoms with Gasteiger partial charge >= 0.3 is 108 Å². The Morgan fingerprint density at radius 1 is 0.875 bits per heavy atom. The van der Waals surface area contributed by atoms with Gasteiger partial charge in [-0.3, -0.25) is 0 Å². The van der Waals surface area contributed by atoms with Crippen LogP contribution in [-0.4, -0.2) is 22.0 Å². The van der Waals surface area contributed by atoms with E-state index in [1.165, 1.54) is 9.91 Å². The van der Waals surface area contributed by atoms with Crippen LogP contribution in [0.25, 0.3) is 0 Å². The number of phenols is 1. The molecule has 1 nitrogen and oxygen atoms in total. The molecule has 0 saturated carbocycles. The normalized spacial score (nSPS) is 12.9. The second-order valence-electron chi connectivity index (χ2n) is 6.46. The molecule has 0 aliphatic rings. The van der Waals surface area contributed by atoms with E-state index in [2.05, 4.69) is 47.6 Å². The Morgan fingerprint density at radius 3 is 1.69 bits per heavy atom. The van der Waals surface area contributed by atoms with Gasteiger partial charge in [-0.1, -0.05) is 0 Å². The molecule has 1 N–H and O–H groups in total. The number of rotatable bonds is 0. The van der Waals surface area contributed by atoms with Gasteiger partial charge in [0.05, 0.1) is 0 Å². The van der Waals surface area contributed by atoms with Crippen molar-refractivity contribution in [3.05, 3.63) is 23.3 Å². The molecule has 0 aliphatic carbocycles. The van der Waals surface area contributed by atoms with Gasteiger partial charge < -0.3 is 0 Å². The van der Waals surface area contributed by atoms with E-state index in [0.29, 0.717) is 5.75 Å². The van der Waals surface area contributed by atoms with Crippen molar-refractivity contribution < 1.29 is 5.11 Å². The Kier molecular flexibility index (Phi) is 3.50. The van der Waals surface area contributed by atoms with Crippen LogP contribution in [-0.2, 0) is 10.8 Å². The summed E-state index contributed by atoms with van der Waals surface area (Å²) in [5, 5.41) is 10.0. The Bertz CT molecular complexity index is 359. The predicted molar refractivity (Wildman–Crippen MR) is 73.7 cm³/mol. The van der Waals surface area contributed by atoms with Gasteiger partial charge in [-0.15, -0.1) is 0 Å². The van der Waals surface area contributed by atoms with Gasteiger partial charge in [-0.2, -0.15) is 0 Å². The van der Waals surface area contributed by atoms with E-state index < -0.39 is 0 Å². The van der Waals surface area contributed by atoms with Crippen LogP contribution in [0.5, 0.6) is 5.75 Å². The molecule has 0 amide bonds. The van der Waals surface area contributed by atoms with Crippen LogP contribution in [0, 0.1) is 0 Å². The van der Waals surface area contributed by atoms with Crippen molar-refractivity contribution in [3.8, 4) is 5.75 Å². The van der Waals surface area contributed by atoms with Crippen molar-refractivity contribution in [2.75, 3.05) is 0 Å². The zero-order chi connectivity index (χ0) is 12.7. The first-order valence-corrected chi connectivity index (χ1v) is 6.88. The fourth-order valence-electron chi connectivity index (χ4n) is 1.85. The molecule has 2 heteroatoms. The summed E-state index contributed by atoms with van der Waals surface area (Å²) in [6.07, 6.45) is 0. The summed E-state index contributed by atoms with van der Waals surface area (Å²) >= 11 is 1.58. The quantitative estimate of drug-likeness (QED) is 0.724. The third kappa shape index (κ3) is 2.82. The van der Waals surface area contributed by atoms with E-state index in [0.717, 1.165) is 5.56 Å². The van der Waals surface area contributed by atoms with Gasteiger partial charge in [0, 0.05) is 0 Å². The second kappa shape index (κ2) is 4.11. The molecule has 90 valence electrons. The van der Waals surface area contributed by atoms with Crippen molar-refractivity contribution >= 4 is 21.2 Å². The van der Waals surface area contributed by atoms with E-state index in [9.17, 15) is 5.11 Å². The van der Waals surface area contributed by atoms with Crippen molar-refractivity contribution in [2.24, 2.45) is 0 Å². The van der Waals surface area contributed by atoms with Gasteiger partial charge in [0.2, 0.25) is 0 Å². The Hall–Kier alpha value is -0.422. The third-order valence-corrected chi connectivity index (χ3v) is 3.79. The zero-order valence-corrected chi connectivity index (χ0v) is 13.6. The zero-order valence-electron chi connectivity index (χ0n) is 11.2. The van der Waals surface area contributed by atoms with Crippen molar-refractivity contribution in [1.82, 2.24) is 0 Å². The Labute approximate surface area is 108 Å². The maximum absolute atomic E-state index is 10.0. The summed E-state index contributed by atoms with van der Waals surface area (Å²) in [5.74, 6) is 0.430. The number of phenolic OH excluding ortho intramolecular Hbond substituents is 1. The molecule has 1 aromatic rings. The molecule has 1 unspecified atom stereocenters. The van der Waals surface area contributed by atoms with Gasteiger partial charge in [0.25, 0.3) is 0 Å². The van der Waals surface area contributed by atoms with Crippen LogP contribution < -0.4 is 4.35 Å². The van der Waals surface area contributed by atoms with Crippen LogP contribution >= 0.6 is 0 Å². The topological polar surface area (TPSA) is 20.2 Å². The fraction of sp³-hybridized carbons (Fsp3) is 0.571. The molecule has 0 fully saturated rings. The average molecular weight is 282 g/mol. The molecule has 0 saturated heterocycles. The molecule has 0 heterocycles. The summed E-state index contributed by atoms with van der Waals surface area (Å²) in [7, 11) is 0. The average Bonchev–Trinajstić information content (AvgIpc) is 1.97. The summed E-state index contributed by atoms with van der Waals surface area (Å²) in [6.45, 7) is 13.1. The second-order valence-corrected chi connectivity index (χ2v) is 7.76. The number of benzene rings is 1. The molecule has 0 bridgehead atoms. The molecule has 0 spiro atoms. The number of hydrogen-bond acceptors (Lipinski definition) is 1. The standard InChI is InChI=1S/C14H23AsO/c1-13(2,3)9-7-10(14(4,5)6)12(16)8-11(9)15/h7-8,16H,15H2,1-6H3. The van der Waals surface area contributed by atoms with Gasteiger partial charge in [0.1, 0.15) is 0 Å². The van der Waals surface area contributed by atoms with E-state index in [-0.39, 0.29) is 10.8 Å². The number of hydrogen-bond donors (Lipinski definition) is 1. The van der Waals surface area contributed by atoms with Gasteiger partial charge in [-0.25, -0.2) is 0 Å². The van der Waals surface area contributed by atoms with Crippen LogP contribution in [0.1, 0.15) is 52.7 Å². The number of aromatic hydroxyl groups is 1. The van der Waals surface area contributed by atoms with E-state index in [1.807, 2.05) is 6.07 Å². The monoisotopic (exact) mass is 282 g/mol. The van der Waals surface area contributed by atoms with Crippen LogP contribution in [0.3, 0.4) is 0 Å². The Balaban J connectivity index is 3.45. The first-order valence-electron chi connectivity index (χ1n) is 5.67. The molecule has 1 atom stereocenters. The summed E-state index contributed by atoms with van der Waals surface area (Å²) in [4.78, 5) is 0. The molecule has 16 heavy (non-hydrogen) atoms. The molecular formula is C14H23AsO. The van der Waals surface area contributed by atoms with Crippen LogP contribution in [0.2, 0.25) is 0 Å². The first-order chi connectivity index (χ1) is 7.03. The molecule has 0 aromatic heterocycles.